The van der Waals surface area contributed by atoms with Gasteiger partial charge >= 0.3 is 0 Å². The quantitative estimate of drug-likeness (QED) is 0.857. The van der Waals surface area contributed by atoms with E-state index in [0.717, 1.165) is 11.1 Å². The Balaban J connectivity index is 2.30. The smallest absolute Gasteiger partial charge is 0.297 e. The molecule has 2 rings (SSSR count). The molecule has 0 aliphatic heterocycles. The highest BCUT2D eigenvalue weighted by atomic mass is 32.2. The maximum absolute atomic E-state index is 12.3. The molecule has 0 aliphatic rings. The van der Waals surface area contributed by atoms with Gasteiger partial charge in [-0.1, -0.05) is 17.7 Å². The zero-order valence-electron chi connectivity index (χ0n) is 12.1. The molecule has 0 radical (unpaired) electrons. The van der Waals surface area contributed by atoms with Crippen LogP contribution in [0.1, 0.15) is 29.0 Å². The lowest BCUT2D eigenvalue weighted by Crippen LogP contribution is -2.21. The Morgan fingerprint density at radius 3 is 2.24 bits per heavy atom. The first-order chi connectivity index (χ1) is 9.79. The summed E-state index contributed by atoms with van der Waals surface area (Å²) in [5, 5.41) is 11.7. The van der Waals surface area contributed by atoms with Crippen LogP contribution in [0.25, 0.3) is 0 Å². The third kappa shape index (κ3) is 3.91. The van der Waals surface area contributed by atoms with E-state index in [1.807, 2.05) is 25.3 Å². The summed E-state index contributed by atoms with van der Waals surface area (Å²) in [5.74, 6) is 0. The van der Waals surface area contributed by atoms with Gasteiger partial charge in [0.15, 0.2) is 0 Å². The van der Waals surface area contributed by atoms with E-state index in [4.69, 9.17) is 4.18 Å². The molecule has 0 saturated carbocycles. The Kier molecular flexibility index (Phi) is 4.83. The lowest BCUT2D eigenvalue weighted by Gasteiger charge is -2.19. The minimum Gasteiger partial charge on any atom is -0.390 e. The van der Waals surface area contributed by atoms with Crippen LogP contribution in [0.5, 0.6) is 0 Å². The molecule has 0 aliphatic carbocycles. The van der Waals surface area contributed by atoms with E-state index in [0.29, 0.717) is 4.88 Å². The van der Waals surface area contributed by atoms with Crippen molar-refractivity contribution in [1.82, 2.24) is 0 Å². The highest BCUT2D eigenvalue weighted by Gasteiger charge is 2.27. The average Bonchev–Trinajstić information content (AvgIpc) is 2.82. The second-order valence-corrected chi connectivity index (χ2v) is 7.57. The molecule has 21 heavy (non-hydrogen) atoms. The van der Waals surface area contributed by atoms with Crippen molar-refractivity contribution < 1.29 is 17.7 Å². The second-order valence-electron chi connectivity index (χ2n) is 5.05. The van der Waals surface area contributed by atoms with Crippen molar-refractivity contribution in [1.29, 1.82) is 0 Å². The monoisotopic (exact) mass is 326 g/mol. The van der Waals surface area contributed by atoms with E-state index >= 15 is 0 Å². The maximum Gasteiger partial charge on any atom is 0.297 e. The van der Waals surface area contributed by atoms with Crippen LogP contribution in [0.2, 0.25) is 0 Å². The summed E-state index contributed by atoms with van der Waals surface area (Å²) in [4.78, 5) is 0.783. The van der Waals surface area contributed by atoms with Crippen molar-refractivity contribution in [3.63, 3.8) is 0 Å². The Morgan fingerprint density at radius 2 is 1.76 bits per heavy atom. The molecular formula is C15H18O4S2. The van der Waals surface area contributed by atoms with Crippen molar-refractivity contribution in [3.8, 4) is 0 Å². The molecule has 114 valence electrons. The molecule has 1 heterocycles. The number of aryl methyl sites for hydroxylation is 2. The summed E-state index contributed by atoms with van der Waals surface area (Å²) < 4.78 is 29.9. The standard InChI is InChI=1S/C15H18O4S2/c1-10-4-6-13(7-5-10)21(17,18)19-15(12(3)16)14-8-11(2)9-20-14/h4-9,12,15-16H,1-3H3. The fourth-order valence-corrected chi connectivity index (χ4v) is 4.07. The van der Waals surface area contributed by atoms with Gasteiger partial charge in [0.05, 0.1) is 11.0 Å². The zero-order chi connectivity index (χ0) is 15.6. The van der Waals surface area contributed by atoms with Crippen molar-refractivity contribution in [2.45, 2.75) is 37.9 Å². The Bertz CT molecular complexity index is 700. The third-order valence-corrected chi connectivity index (χ3v) is 5.43. The molecule has 0 saturated heterocycles. The van der Waals surface area contributed by atoms with Crippen LogP contribution in [0.3, 0.4) is 0 Å². The van der Waals surface area contributed by atoms with Crippen LogP contribution in [0.15, 0.2) is 40.6 Å². The van der Waals surface area contributed by atoms with Gasteiger partial charge in [0, 0.05) is 4.88 Å². The molecule has 2 unspecified atom stereocenters. The van der Waals surface area contributed by atoms with E-state index < -0.39 is 22.3 Å². The first kappa shape index (κ1) is 16.2. The first-order valence-corrected chi connectivity index (χ1v) is 8.81. The molecule has 1 aromatic heterocycles. The predicted octanol–water partition coefficient (Wildman–Crippen LogP) is 3.19. The van der Waals surface area contributed by atoms with Gasteiger partial charge in [-0.2, -0.15) is 8.42 Å². The molecule has 2 aromatic rings. The Morgan fingerprint density at radius 1 is 1.14 bits per heavy atom. The van der Waals surface area contributed by atoms with Crippen molar-refractivity contribution >= 4 is 21.5 Å². The summed E-state index contributed by atoms with van der Waals surface area (Å²) in [5.41, 5.74) is 1.98. The van der Waals surface area contributed by atoms with Gasteiger partial charge in [-0.05, 0) is 49.9 Å². The Hall–Kier alpha value is -1.21. The first-order valence-electron chi connectivity index (χ1n) is 6.52. The lowest BCUT2D eigenvalue weighted by atomic mass is 10.2. The van der Waals surface area contributed by atoms with Crippen LogP contribution in [-0.4, -0.2) is 19.6 Å². The molecule has 0 amide bonds. The molecule has 2 atom stereocenters. The number of thiophene rings is 1. The minimum absolute atomic E-state index is 0.0898. The van der Waals surface area contributed by atoms with Crippen LogP contribution in [0, 0.1) is 13.8 Å². The maximum atomic E-state index is 12.3. The number of hydrogen-bond donors (Lipinski definition) is 1. The highest BCUT2D eigenvalue weighted by Crippen LogP contribution is 2.31. The number of aliphatic hydroxyl groups excluding tert-OH is 1. The molecule has 0 bridgehead atoms. The fraction of sp³-hybridized carbons (Fsp3) is 0.333. The topological polar surface area (TPSA) is 63.6 Å². The lowest BCUT2D eigenvalue weighted by molar-refractivity contribution is 0.0545. The van der Waals surface area contributed by atoms with Crippen LogP contribution in [-0.2, 0) is 14.3 Å². The summed E-state index contributed by atoms with van der Waals surface area (Å²) in [6, 6.07) is 8.26. The SMILES string of the molecule is Cc1ccc(S(=O)(=O)OC(c2cc(C)cs2)C(C)O)cc1. The van der Waals surface area contributed by atoms with E-state index in [9.17, 15) is 13.5 Å². The summed E-state index contributed by atoms with van der Waals surface area (Å²) >= 11 is 1.37. The molecule has 1 aromatic carbocycles. The van der Waals surface area contributed by atoms with Gasteiger partial charge < -0.3 is 5.11 Å². The molecular weight excluding hydrogens is 308 g/mol. The van der Waals surface area contributed by atoms with Crippen molar-refractivity contribution in [2.24, 2.45) is 0 Å². The number of benzene rings is 1. The average molecular weight is 326 g/mol. The molecule has 0 fully saturated rings. The van der Waals surface area contributed by atoms with Gasteiger partial charge in [0.25, 0.3) is 10.1 Å². The zero-order valence-corrected chi connectivity index (χ0v) is 13.7. The van der Waals surface area contributed by atoms with Gasteiger partial charge in [-0.25, -0.2) is 0 Å². The fourth-order valence-electron chi connectivity index (χ4n) is 1.87. The van der Waals surface area contributed by atoms with Gasteiger partial charge in [0.1, 0.15) is 6.10 Å². The van der Waals surface area contributed by atoms with E-state index in [1.165, 1.54) is 30.4 Å². The highest BCUT2D eigenvalue weighted by molar-refractivity contribution is 7.86. The third-order valence-electron chi connectivity index (χ3n) is 3.01. The van der Waals surface area contributed by atoms with Gasteiger partial charge in [-0.15, -0.1) is 11.3 Å². The number of aliphatic hydroxyl groups is 1. The van der Waals surface area contributed by atoms with Crippen LogP contribution in [0.4, 0.5) is 0 Å². The molecule has 1 N–H and O–H groups in total. The van der Waals surface area contributed by atoms with E-state index in [1.54, 1.807) is 12.1 Å². The largest absolute Gasteiger partial charge is 0.390 e. The number of rotatable bonds is 5. The van der Waals surface area contributed by atoms with Gasteiger partial charge in [0.2, 0.25) is 0 Å². The van der Waals surface area contributed by atoms with Crippen molar-refractivity contribution in [3.05, 3.63) is 51.7 Å². The summed E-state index contributed by atoms with van der Waals surface area (Å²) in [6.45, 7) is 5.31. The van der Waals surface area contributed by atoms with Gasteiger partial charge in [-0.3, -0.25) is 4.18 Å². The number of hydrogen-bond acceptors (Lipinski definition) is 5. The second kappa shape index (κ2) is 6.27. The van der Waals surface area contributed by atoms with E-state index in [-0.39, 0.29) is 4.90 Å². The minimum atomic E-state index is -3.91. The molecule has 4 nitrogen and oxygen atoms in total. The predicted molar refractivity (Wildman–Crippen MR) is 82.9 cm³/mol. The summed E-state index contributed by atoms with van der Waals surface area (Å²) in [6.07, 6.45) is -1.82. The van der Waals surface area contributed by atoms with Crippen LogP contribution >= 0.6 is 11.3 Å². The molecule has 0 spiro atoms. The normalized spacial score (nSPS) is 14.9. The van der Waals surface area contributed by atoms with Crippen molar-refractivity contribution in [2.75, 3.05) is 0 Å². The Labute approximate surface area is 129 Å². The molecule has 6 heteroatoms. The van der Waals surface area contributed by atoms with Crippen LogP contribution < -0.4 is 0 Å². The van der Waals surface area contributed by atoms with E-state index in [2.05, 4.69) is 0 Å². The summed E-state index contributed by atoms with van der Waals surface area (Å²) in [7, 11) is -3.91.